The number of halogens is 2. The smallest absolute Gasteiger partial charge is 0.134 e. The highest BCUT2D eigenvalue weighted by molar-refractivity contribution is 6.30. The van der Waals surface area contributed by atoms with Gasteiger partial charge >= 0.3 is 0 Å². The summed E-state index contributed by atoms with van der Waals surface area (Å²) in [5, 5.41) is 0.444. The fourth-order valence-corrected chi connectivity index (χ4v) is 1.02. The van der Waals surface area contributed by atoms with E-state index >= 15 is 0 Å². The Bertz CT molecular complexity index is 263. The zero-order chi connectivity index (χ0) is 8.27. The molecular formula is C8H10Cl2N2. The molecular weight excluding hydrogens is 195 g/mol. The van der Waals surface area contributed by atoms with Crippen molar-refractivity contribution in [3.05, 3.63) is 41.7 Å². The average Bonchev–Trinajstić information content (AvgIpc) is 2.04. The Labute approximate surface area is 82.9 Å². The number of pyridine rings is 1. The van der Waals surface area contributed by atoms with Crippen LogP contribution in [-0.2, 0) is 0 Å². The van der Waals surface area contributed by atoms with Crippen LogP contribution in [0.3, 0.4) is 0 Å². The molecule has 2 N–H and O–H groups in total. The summed E-state index contributed by atoms with van der Waals surface area (Å²) in [6.45, 7) is 3.57. The zero-order valence-electron chi connectivity index (χ0n) is 6.40. The lowest BCUT2D eigenvalue weighted by Gasteiger charge is -2.06. The highest BCUT2D eigenvalue weighted by Crippen LogP contribution is 2.18. The lowest BCUT2D eigenvalue weighted by molar-refractivity contribution is 0.904. The Balaban J connectivity index is 0.00000121. The van der Waals surface area contributed by atoms with Crippen molar-refractivity contribution < 1.29 is 0 Å². The fraction of sp³-hybridized carbons (Fsp3) is 0.125. The van der Waals surface area contributed by atoms with Gasteiger partial charge in [-0.15, -0.1) is 19.0 Å². The molecule has 1 heterocycles. The normalized spacial score (nSPS) is 11.5. The van der Waals surface area contributed by atoms with E-state index in [1.807, 2.05) is 6.07 Å². The largest absolute Gasteiger partial charge is 0.321 e. The number of aromatic nitrogens is 1. The van der Waals surface area contributed by atoms with Crippen molar-refractivity contribution in [2.75, 3.05) is 0 Å². The van der Waals surface area contributed by atoms with Crippen LogP contribution in [0.4, 0.5) is 0 Å². The summed E-state index contributed by atoms with van der Waals surface area (Å²) in [4.78, 5) is 3.89. The van der Waals surface area contributed by atoms with Gasteiger partial charge in [0.1, 0.15) is 5.15 Å². The minimum Gasteiger partial charge on any atom is -0.321 e. The van der Waals surface area contributed by atoms with Crippen LogP contribution in [0.1, 0.15) is 11.6 Å². The summed E-state index contributed by atoms with van der Waals surface area (Å²) in [7, 11) is 0. The van der Waals surface area contributed by atoms with Crippen LogP contribution < -0.4 is 5.73 Å². The van der Waals surface area contributed by atoms with Crippen LogP contribution in [0.25, 0.3) is 0 Å². The van der Waals surface area contributed by atoms with E-state index in [1.165, 1.54) is 0 Å². The second kappa shape index (κ2) is 5.14. The molecule has 0 unspecified atom stereocenters. The van der Waals surface area contributed by atoms with Crippen molar-refractivity contribution in [2.24, 2.45) is 5.73 Å². The third kappa shape index (κ3) is 2.48. The van der Waals surface area contributed by atoms with Crippen molar-refractivity contribution in [1.29, 1.82) is 0 Å². The van der Waals surface area contributed by atoms with Gasteiger partial charge < -0.3 is 5.73 Å². The minimum absolute atomic E-state index is 0. The molecule has 1 aromatic heterocycles. The minimum atomic E-state index is -0.226. The number of rotatable bonds is 2. The Kier molecular flexibility index (Phi) is 4.90. The van der Waals surface area contributed by atoms with E-state index in [0.29, 0.717) is 5.15 Å². The molecule has 0 aliphatic heterocycles. The SMILES string of the molecule is C=C[C@H](N)c1cccnc1Cl.Cl. The van der Waals surface area contributed by atoms with Crippen LogP contribution in [0, 0.1) is 0 Å². The lowest BCUT2D eigenvalue weighted by atomic mass is 10.1. The standard InChI is InChI=1S/C8H9ClN2.ClH/c1-2-7(10)6-4-3-5-11-8(6)9;/h2-5,7H,1,10H2;1H/t7-;/m0./s1. The molecule has 1 aromatic rings. The molecule has 4 heteroatoms. The monoisotopic (exact) mass is 204 g/mol. The lowest BCUT2D eigenvalue weighted by Crippen LogP contribution is -2.07. The highest BCUT2D eigenvalue weighted by atomic mass is 35.5. The molecule has 0 aliphatic carbocycles. The molecule has 66 valence electrons. The molecule has 1 rings (SSSR count). The van der Waals surface area contributed by atoms with Gasteiger partial charge in [0.2, 0.25) is 0 Å². The van der Waals surface area contributed by atoms with E-state index in [1.54, 1.807) is 18.3 Å². The number of nitrogens with zero attached hydrogens (tertiary/aromatic N) is 1. The molecule has 0 spiro atoms. The van der Waals surface area contributed by atoms with E-state index in [9.17, 15) is 0 Å². The Morgan fingerprint density at radius 2 is 2.33 bits per heavy atom. The Morgan fingerprint density at radius 1 is 1.67 bits per heavy atom. The second-order valence-corrected chi connectivity index (χ2v) is 2.50. The highest BCUT2D eigenvalue weighted by Gasteiger charge is 2.05. The van der Waals surface area contributed by atoms with Crippen LogP contribution in [0.15, 0.2) is 31.0 Å². The molecule has 0 aromatic carbocycles. The number of nitrogens with two attached hydrogens (primary N) is 1. The van der Waals surface area contributed by atoms with Gasteiger partial charge in [-0.25, -0.2) is 4.98 Å². The van der Waals surface area contributed by atoms with E-state index in [2.05, 4.69) is 11.6 Å². The van der Waals surface area contributed by atoms with Gasteiger partial charge in [0.25, 0.3) is 0 Å². The van der Waals surface area contributed by atoms with E-state index < -0.39 is 0 Å². The van der Waals surface area contributed by atoms with Gasteiger partial charge in [0.05, 0.1) is 6.04 Å². The summed E-state index contributed by atoms with van der Waals surface area (Å²) in [5.74, 6) is 0. The van der Waals surface area contributed by atoms with Crippen molar-refractivity contribution in [1.82, 2.24) is 4.98 Å². The fourth-order valence-electron chi connectivity index (χ4n) is 0.774. The van der Waals surface area contributed by atoms with Crippen LogP contribution in [0.2, 0.25) is 5.15 Å². The van der Waals surface area contributed by atoms with Crippen molar-refractivity contribution in [2.45, 2.75) is 6.04 Å². The van der Waals surface area contributed by atoms with Gasteiger partial charge in [-0.05, 0) is 6.07 Å². The Hall–Kier alpha value is -0.570. The summed E-state index contributed by atoms with van der Waals surface area (Å²) >= 11 is 5.76. The molecule has 12 heavy (non-hydrogen) atoms. The third-order valence-corrected chi connectivity index (χ3v) is 1.72. The third-order valence-electron chi connectivity index (χ3n) is 1.40. The number of hydrogen-bond acceptors (Lipinski definition) is 2. The number of hydrogen-bond donors (Lipinski definition) is 1. The molecule has 1 atom stereocenters. The molecule has 0 amide bonds. The van der Waals surface area contributed by atoms with Gasteiger partial charge in [-0.1, -0.05) is 23.7 Å². The Morgan fingerprint density at radius 3 is 2.83 bits per heavy atom. The van der Waals surface area contributed by atoms with E-state index in [0.717, 1.165) is 5.56 Å². The van der Waals surface area contributed by atoms with Crippen LogP contribution in [0.5, 0.6) is 0 Å². The predicted octanol–water partition coefficient (Wildman–Crippen LogP) is 2.34. The van der Waals surface area contributed by atoms with Gasteiger partial charge in [0, 0.05) is 11.8 Å². The first-order chi connectivity index (χ1) is 5.25. The van der Waals surface area contributed by atoms with Crippen LogP contribution in [-0.4, -0.2) is 4.98 Å². The van der Waals surface area contributed by atoms with Crippen LogP contribution >= 0.6 is 24.0 Å². The van der Waals surface area contributed by atoms with Crippen molar-refractivity contribution >= 4 is 24.0 Å². The van der Waals surface area contributed by atoms with Gasteiger partial charge in [0.15, 0.2) is 0 Å². The van der Waals surface area contributed by atoms with E-state index in [4.69, 9.17) is 17.3 Å². The zero-order valence-corrected chi connectivity index (χ0v) is 7.98. The van der Waals surface area contributed by atoms with Crippen molar-refractivity contribution in [3.63, 3.8) is 0 Å². The molecule has 0 radical (unpaired) electrons. The molecule has 0 aliphatic rings. The molecule has 0 bridgehead atoms. The maximum Gasteiger partial charge on any atom is 0.134 e. The maximum atomic E-state index is 5.76. The average molecular weight is 205 g/mol. The molecule has 2 nitrogen and oxygen atoms in total. The summed E-state index contributed by atoms with van der Waals surface area (Å²) in [5.41, 5.74) is 6.46. The first-order valence-corrected chi connectivity index (χ1v) is 3.62. The maximum absolute atomic E-state index is 5.76. The quantitative estimate of drug-likeness (QED) is 0.594. The van der Waals surface area contributed by atoms with Gasteiger partial charge in [-0.2, -0.15) is 0 Å². The van der Waals surface area contributed by atoms with E-state index in [-0.39, 0.29) is 18.4 Å². The first kappa shape index (κ1) is 11.4. The molecule has 0 saturated carbocycles. The molecule has 0 saturated heterocycles. The first-order valence-electron chi connectivity index (χ1n) is 3.24. The summed E-state index contributed by atoms with van der Waals surface area (Å²) in [6, 6.07) is 3.41. The summed E-state index contributed by atoms with van der Waals surface area (Å²) < 4.78 is 0. The van der Waals surface area contributed by atoms with Gasteiger partial charge in [-0.3, -0.25) is 0 Å². The second-order valence-electron chi connectivity index (χ2n) is 2.14. The summed E-state index contributed by atoms with van der Waals surface area (Å²) in [6.07, 6.45) is 3.25. The topological polar surface area (TPSA) is 38.9 Å². The molecule has 0 fully saturated rings. The van der Waals surface area contributed by atoms with Crippen molar-refractivity contribution in [3.8, 4) is 0 Å². The predicted molar refractivity (Wildman–Crippen MR) is 53.6 cm³/mol.